The third kappa shape index (κ3) is 3.88. The van der Waals surface area contributed by atoms with Crippen molar-refractivity contribution < 1.29 is 9.59 Å². The van der Waals surface area contributed by atoms with Crippen LogP contribution in [0.5, 0.6) is 0 Å². The van der Waals surface area contributed by atoms with E-state index >= 15 is 0 Å². The molecule has 9 nitrogen and oxygen atoms in total. The second-order valence-corrected chi connectivity index (χ2v) is 6.68. The van der Waals surface area contributed by atoms with Crippen molar-refractivity contribution in [3.63, 3.8) is 0 Å². The molecule has 1 aliphatic heterocycles. The molecule has 1 unspecified atom stereocenters. The molecule has 138 valence electrons. The first-order valence-electron chi connectivity index (χ1n) is 8.51. The molecule has 2 heterocycles. The average molecular weight is 357 g/mol. The van der Waals surface area contributed by atoms with Gasteiger partial charge in [0.1, 0.15) is 12.4 Å². The lowest BCUT2D eigenvalue weighted by molar-refractivity contribution is -0.134. The number of benzene rings is 1. The summed E-state index contributed by atoms with van der Waals surface area (Å²) in [7, 11) is 3.93. The molecule has 1 aromatic heterocycles. The minimum absolute atomic E-state index is 0.00855. The fourth-order valence-corrected chi connectivity index (χ4v) is 2.89. The fourth-order valence-electron chi connectivity index (χ4n) is 2.89. The molecule has 1 aliphatic rings. The van der Waals surface area contributed by atoms with E-state index in [0.717, 1.165) is 17.8 Å². The van der Waals surface area contributed by atoms with Gasteiger partial charge in [-0.15, -0.1) is 5.10 Å². The van der Waals surface area contributed by atoms with Crippen molar-refractivity contribution in [2.45, 2.75) is 19.4 Å². The van der Waals surface area contributed by atoms with Gasteiger partial charge in [-0.1, -0.05) is 12.1 Å². The van der Waals surface area contributed by atoms with E-state index in [9.17, 15) is 9.59 Å². The van der Waals surface area contributed by atoms with E-state index in [1.54, 1.807) is 21.4 Å². The quantitative estimate of drug-likeness (QED) is 0.711. The summed E-state index contributed by atoms with van der Waals surface area (Å²) in [6.45, 7) is 3.55. The minimum Gasteiger partial charge on any atom is -0.322 e. The van der Waals surface area contributed by atoms with Crippen LogP contribution in [0.2, 0.25) is 0 Å². The van der Waals surface area contributed by atoms with Gasteiger partial charge in [-0.3, -0.25) is 9.59 Å². The van der Waals surface area contributed by atoms with E-state index in [0.29, 0.717) is 13.2 Å². The van der Waals surface area contributed by atoms with Crippen LogP contribution in [0.25, 0.3) is 5.69 Å². The van der Waals surface area contributed by atoms with Gasteiger partial charge in [0.05, 0.1) is 18.8 Å². The monoisotopic (exact) mass is 357 g/mol. The highest BCUT2D eigenvalue weighted by Crippen LogP contribution is 2.17. The molecule has 0 spiro atoms. The van der Waals surface area contributed by atoms with Crippen molar-refractivity contribution in [2.75, 3.05) is 33.9 Å². The summed E-state index contributed by atoms with van der Waals surface area (Å²) in [6, 6.07) is 7.06. The van der Waals surface area contributed by atoms with Gasteiger partial charge < -0.3 is 14.7 Å². The Morgan fingerprint density at radius 2 is 2.00 bits per heavy atom. The van der Waals surface area contributed by atoms with Crippen LogP contribution in [0.15, 0.2) is 30.6 Å². The Labute approximate surface area is 152 Å². The molecule has 0 aliphatic carbocycles. The van der Waals surface area contributed by atoms with E-state index in [-0.39, 0.29) is 18.2 Å². The van der Waals surface area contributed by atoms with Gasteiger partial charge >= 0.3 is 0 Å². The second-order valence-electron chi connectivity index (χ2n) is 6.68. The zero-order valence-electron chi connectivity index (χ0n) is 15.2. The van der Waals surface area contributed by atoms with Crippen LogP contribution in [0.1, 0.15) is 12.5 Å². The maximum absolute atomic E-state index is 12.7. The Morgan fingerprint density at radius 3 is 2.62 bits per heavy atom. The maximum atomic E-state index is 12.7. The molecule has 9 heteroatoms. The predicted molar refractivity (Wildman–Crippen MR) is 94.3 cm³/mol. The van der Waals surface area contributed by atoms with Gasteiger partial charge in [-0.2, -0.15) is 0 Å². The molecule has 2 amide bonds. The number of carbonyl (C=O) groups excluding carboxylic acids is 2. The molecular formula is C17H23N7O2. The zero-order valence-corrected chi connectivity index (χ0v) is 15.2. The minimum atomic E-state index is -0.412. The van der Waals surface area contributed by atoms with Crippen molar-refractivity contribution in [3.8, 4) is 5.69 Å². The summed E-state index contributed by atoms with van der Waals surface area (Å²) in [6.07, 6.45) is 1.77. The van der Waals surface area contributed by atoms with Gasteiger partial charge in [0.25, 0.3) is 0 Å². The highest BCUT2D eigenvalue weighted by atomic mass is 16.2. The van der Waals surface area contributed by atoms with E-state index in [1.807, 2.05) is 43.3 Å². The predicted octanol–water partition coefficient (Wildman–Crippen LogP) is -0.217. The molecule has 3 rings (SSSR count). The van der Waals surface area contributed by atoms with Gasteiger partial charge in [0.15, 0.2) is 0 Å². The molecule has 1 fully saturated rings. The van der Waals surface area contributed by atoms with Crippen LogP contribution in [0.3, 0.4) is 0 Å². The van der Waals surface area contributed by atoms with Crippen molar-refractivity contribution in [1.82, 2.24) is 34.9 Å². The number of hydrogen-bond acceptors (Lipinski definition) is 6. The molecule has 26 heavy (non-hydrogen) atoms. The fraction of sp³-hybridized carbons (Fsp3) is 0.471. The van der Waals surface area contributed by atoms with E-state index in [4.69, 9.17) is 0 Å². The van der Waals surface area contributed by atoms with Crippen molar-refractivity contribution >= 4 is 11.8 Å². The van der Waals surface area contributed by atoms with Crippen molar-refractivity contribution in [2.24, 2.45) is 0 Å². The van der Waals surface area contributed by atoms with Gasteiger partial charge in [-0.25, -0.2) is 4.68 Å². The number of aromatic nitrogens is 4. The van der Waals surface area contributed by atoms with Crippen LogP contribution >= 0.6 is 0 Å². The molecule has 0 radical (unpaired) electrons. The first-order chi connectivity index (χ1) is 12.5. The number of tetrazole rings is 1. The lowest BCUT2D eigenvalue weighted by atomic mass is 10.1. The van der Waals surface area contributed by atoms with E-state index in [1.165, 1.54) is 6.33 Å². The lowest BCUT2D eigenvalue weighted by Gasteiger charge is -2.20. The lowest BCUT2D eigenvalue weighted by Crippen LogP contribution is -2.37. The molecule has 1 atom stereocenters. The summed E-state index contributed by atoms with van der Waals surface area (Å²) in [5.41, 5.74) is 1.71. The summed E-state index contributed by atoms with van der Waals surface area (Å²) in [5.74, 6) is -0.0393. The van der Waals surface area contributed by atoms with Crippen LogP contribution in [0.4, 0.5) is 0 Å². The van der Waals surface area contributed by atoms with E-state index < -0.39 is 6.04 Å². The smallest absolute Gasteiger partial charge is 0.246 e. The molecule has 1 aromatic carbocycles. The summed E-state index contributed by atoms with van der Waals surface area (Å²) in [4.78, 5) is 30.4. The Morgan fingerprint density at radius 1 is 1.27 bits per heavy atom. The molecule has 0 saturated carbocycles. The van der Waals surface area contributed by atoms with Crippen LogP contribution in [-0.2, 0) is 16.0 Å². The Balaban J connectivity index is 1.61. The molecule has 0 bridgehead atoms. The summed E-state index contributed by atoms with van der Waals surface area (Å²) < 4.78 is 1.55. The van der Waals surface area contributed by atoms with Gasteiger partial charge in [0, 0.05) is 13.1 Å². The van der Waals surface area contributed by atoms with Gasteiger partial charge in [0.2, 0.25) is 11.8 Å². The number of likely N-dealkylation sites (N-methyl/N-ethyl adjacent to an activating group) is 1. The third-order valence-corrected chi connectivity index (χ3v) is 4.50. The molecular weight excluding hydrogens is 334 g/mol. The average Bonchev–Trinajstić information content (AvgIpc) is 3.24. The Kier molecular flexibility index (Phi) is 5.27. The number of hydrogen-bond donors (Lipinski definition) is 0. The number of amides is 2. The van der Waals surface area contributed by atoms with Crippen LogP contribution in [-0.4, -0.2) is 86.6 Å². The number of nitrogens with zero attached hydrogens (tertiary/aromatic N) is 7. The van der Waals surface area contributed by atoms with Crippen molar-refractivity contribution in [1.29, 1.82) is 0 Å². The molecule has 0 N–H and O–H groups in total. The third-order valence-electron chi connectivity index (χ3n) is 4.50. The topological polar surface area (TPSA) is 87.5 Å². The second kappa shape index (κ2) is 7.61. The normalized spacial score (nSPS) is 17.4. The van der Waals surface area contributed by atoms with Crippen LogP contribution < -0.4 is 0 Å². The first-order valence-corrected chi connectivity index (χ1v) is 8.51. The SMILES string of the molecule is CC1C(=O)N(CCN(C)C)CN1C(=O)Cc1ccc(-n2cnnn2)cc1. The Bertz CT molecular complexity index is 758. The van der Waals surface area contributed by atoms with Crippen LogP contribution in [0, 0.1) is 0 Å². The Hall–Kier alpha value is -2.81. The highest BCUT2D eigenvalue weighted by Gasteiger charge is 2.37. The highest BCUT2D eigenvalue weighted by molar-refractivity contribution is 5.91. The summed E-state index contributed by atoms with van der Waals surface area (Å²) in [5, 5.41) is 11.0. The standard InChI is InChI=1S/C17H23N7O2/c1-13-17(26)22(9-8-21(2)3)12-23(13)16(25)10-14-4-6-15(7-5-14)24-11-18-19-20-24/h4-7,11,13H,8-10,12H2,1-3H3. The largest absolute Gasteiger partial charge is 0.322 e. The van der Waals surface area contributed by atoms with E-state index in [2.05, 4.69) is 15.5 Å². The van der Waals surface area contributed by atoms with Gasteiger partial charge in [-0.05, 0) is 49.1 Å². The first kappa shape index (κ1) is 18.0. The maximum Gasteiger partial charge on any atom is 0.246 e. The summed E-state index contributed by atoms with van der Waals surface area (Å²) >= 11 is 0. The zero-order chi connectivity index (χ0) is 18.7. The number of rotatable bonds is 6. The molecule has 1 saturated heterocycles. The van der Waals surface area contributed by atoms with Crippen molar-refractivity contribution in [3.05, 3.63) is 36.2 Å². The molecule has 2 aromatic rings. The number of carbonyl (C=O) groups is 2.